The van der Waals surface area contributed by atoms with Crippen molar-refractivity contribution in [1.29, 1.82) is 0 Å². The van der Waals surface area contributed by atoms with Gasteiger partial charge in [-0.25, -0.2) is 5.43 Å². The lowest BCUT2D eigenvalue weighted by atomic mass is 10.1. The van der Waals surface area contributed by atoms with Gasteiger partial charge in [0.25, 0.3) is 0 Å². The van der Waals surface area contributed by atoms with Crippen molar-refractivity contribution in [2.45, 2.75) is 12.6 Å². The van der Waals surface area contributed by atoms with Gasteiger partial charge in [0, 0.05) is 0 Å². The summed E-state index contributed by atoms with van der Waals surface area (Å²) < 4.78 is 42.3. The van der Waals surface area contributed by atoms with Crippen molar-refractivity contribution in [2.24, 2.45) is 5.10 Å². The van der Waals surface area contributed by atoms with Crippen LogP contribution < -0.4 is 10.2 Å². The van der Waals surface area contributed by atoms with Gasteiger partial charge < -0.3 is 4.74 Å². The maximum absolute atomic E-state index is 12.4. The number of methoxy groups -OCH3 is 1. The topological polar surface area (TPSA) is 50.7 Å². The molecule has 0 unspecified atom stereocenters. The van der Waals surface area contributed by atoms with Crippen LogP contribution in [0.5, 0.6) is 5.75 Å². The normalized spacial score (nSPS) is 11.5. The van der Waals surface area contributed by atoms with E-state index in [1.807, 2.05) is 0 Å². The van der Waals surface area contributed by atoms with E-state index in [4.69, 9.17) is 4.74 Å². The quantitative estimate of drug-likeness (QED) is 0.672. The number of benzene rings is 2. The number of nitrogens with one attached hydrogen (secondary N) is 1. The van der Waals surface area contributed by atoms with Gasteiger partial charge in [-0.1, -0.05) is 24.3 Å². The van der Waals surface area contributed by atoms with Crippen LogP contribution in [0.25, 0.3) is 0 Å². The van der Waals surface area contributed by atoms with Crippen LogP contribution in [-0.2, 0) is 17.4 Å². The Hall–Kier alpha value is -2.83. The van der Waals surface area contributed by atoms with Crippen molar-refractivity contribution < 1.29 is 22.7 Å². The van der Waals surface area contributed by atoms with Gasteiger partial charge in [-0.15, -0.1) is 0 Å². The average molecular weight is 336 g/mol. The highest BCUT2D eigenvalue weighted by Gasteiger charge is 2.29. The van der Waals surface area contributed by atoms with Crippen LogP contribution in [-0.4, -0.2) is 19.2 Å². The molecule has 0 radical (unpaired) electrons. The fourth-order valence-electron chi connectivity index (χ4n) is 1.91. The summed E-state index contributed by atoms with van der Waals surface area (Å²) in [7, 11) is 1.55. The lowest BCUT2D eigenvalue weighted by Gasteiger charge is -2.05. The van der Waals surface area contributed by atoms with Crippen LogP contribution in [0, 0.1) is 0 Å². The zero-order valence-electron chi connectivity index (χ0n) is 12.8. The summed E-state index contributed by atoms with van der Waals surface area (Å²) in [6.45, 7) is 0. The average Bonchev–Trinajstić information content (AvgIpc) is 2.55. The standard InChI is InChI=1S/C17H15F3N2O2/c1-24-15-8-4-12(5-9-15)10-16(23)22-21-11-13-2-6-14(7-3-13)17(18,19)20/h2-9,11H,10H2,1H3,(H,22,23)/b21-11-. The molecule has 0 aliphatic heterocycles. The summed E-state index contributed by atoms with van der Waals surface area (Å²) in [6.07, 6.45) is -2.96. The van der Waals surface area contributed by atoms with Gasteiger partial charge in [-0.3, -0.25) is 4.79 Å². The number of hydrogen-bond donors (Lipinski definition) is 1. The van der Waals surface area contributed by atoms with E-state index in [1.165, 1.54) is 18.3 Å². The van der Waals surface area contributed by atoms with Gasteiger partial charge in [0.2, 0.25) is 5.91 Å². The van der Waals surface area contributed by atoms with Crippen molar-refractivity contribution in [1.82, 2.24) is 5.43 Å². The smallest absolute Gasteiger partial charge is 0.416 e. The van der Waals surface area contributed by atoms with E-state index in [2.05, 4.69) is 10.5 Å². The van der Waals surface area contributed by atoms with Crippen LogP contribution >= 0.6 is 0 Å². The van der Waals surface area contributed by atoms with E-state index in [1.54, 1.807) is 31.4 Å². The Kier molecular flexibility index (Phi) is 5.57. The maximum atomic E-state index is 12.4. The van der Waals surface area contributed by atoms with Gasteiger partial charge >= 0.3 is 6.18 Å². The fourth-order valence-corrected chi connectivity index (χ4v) is 1.91. The summed E-state index contributed by atoms with van der Waals surface area (Å²) >= 11 is 0. The number of carbonyl (C=O) groups is 1. The molecule has 0 aromatic heterocycles. The molecule has 0 saturated carbocycles. The highest BCUT2D eigenvalue weighted by atomic mass is 19.4. The summed E-state index contributed by atoms with van der Waals surface area (Å²) in [5.74, 6) is 0.364. The van der Waals surface area contributed by atoms with E-state index >= 15 is 0 Å². The highest BCUT2D eigenvalue weighted by molar-refractivity contribution is 5.83. The first-order valence-corrected chi connectivity index (χ1v) is 7.00. The van der Waals surface area contributed by atoms with Gasteiger partial charge in [-0.2, -0.15) is 18.3 Å². The molecule has 2 aromatic rings. The molecule has 0 saturated heterocycles. The fraction of sp³-hybridized carbons (Fsp3) is 0.176. The second-order valence-electron chi connectivity index (χ2n) is 4.94. The summed E-state index contributed by atoms with van der Waals surface area (Å²) in [6, 6.07) is 11.5. The highest BCUT2D eigenvalue weighted by Crippen LogP contribution is 2.28. The molecule has 126 valence electrons. The van der Waals surface area contributed by atoms with Crippen molar-refractivity contribution in [3.05, 3.63) is 65.2 Å². The zero-order chi connectivity index (χ0) is 17.6. The molecule has 0 fully saturated rings. The molecule has 2 aromatic carbocycles. The number of alkyl halides is 3. The van der Waals surface area contributed by atoms with Gasteiger partial charge in [0.1, 0.15) is 5.75 Å². The molecule has 7 heteroatoms. The molecular weight excluding hydrogens is 321 g/mol. The van der Waals surface area contributed by atoms with Crippen molar-refractivity contribution >= 4 is 12.1 Å². The van der Waals surface area contributed by atoms with Gasteiger partial charge in [-0.05, 0) is 35.4 Å². The Morgan fingerprint density at radius 2 is 1.75 bits per heavy atom. The number of halogens is 3. The number of carbonyl (C=O) groups excluding carboxylic acids is 1. The zero-order valence-corrected chi connectivity index (χ0v) is 12.8. The lowest BCUT2D eigenvalue weighted by molar-refractivity contribution is -0.137. The van der Waals surface area contributed by atoms with E-state index in [9.17, 15) is 18.0 Å². The molecule has 1 amide bonds. The van der Waals surface area contributed by atoms with Crippen LogP contribution in [0.3, 0.4) is 0 Å². The number of ether oxygens (including phenoxy) is 1. The lowest BCUT2D eigenvalue weighted by Crippen LogP contribution is -2.19. The molecule has 0 aliphatic rings. The van der Waals surface area contributed by atoms with Crippen molar-refractivity contribution in [3.8, 4) is 5.75 Å². The SMILES string of the molecule is COc1ccc(CC(=O)N/N=C\c2ccc(C(F)(F)F)cc2)cc1. The van der Waals surface area contributed by atoms with Crippen LogP contribution in [0.15, 0.2) is 53.6 Å². The number of hydrazone groups is 1. The predicted octanol–water partition coefficient (Wildman–Crippen LogP) is 3.41. The Bertz CT molecular complexity index is 708. The number of rotatable bonds is 5. The first-order chi connectivity index (χ1) is 11.4. The third-order valence-corrected chi connectivity index (χ3v) is 3.16. The molecule has 0 heterocycles. The molecule has 0 bridgehead atoms. The molecule has 2 rings (SSSR count). The molecule has 0 atom stereocenters. The third-order valence-electron chi connectivity index (χ3n) is 3.16. The van der Waals surface area contributed by atoms with Crippen LogP contribution in [0.1, 0.15) is 16.7 Å². The van der Waals surface area contributed by atoms with Crippen LogP contribution in [0.4, 0.5) is 13.2 Å². The Labute approximate surface area is 137 Å². The Morgan fingerprint density at radius 1 is 1.12 bits per heavy atom. The molecule has 4 nitrogen and oxygen atoms in total. The Morgan fingerprint density at radius 3 is 2.29 bits per heavy atom. The Balaban J connectivity index is 1.87. The molecule has 0 aliphatic carbocycles. The van der Waals surface area contributed by atoms with E-state index in [-0.39, 0.29) is 12.3 Å². The van der Waals surface area contributed by atoms with Crippen molar-refractivity contribution in [3.63, 3.8) is 0 Å². The first kappa shape index (κ1) is 17.5. The molecular formula is C17H15F3N2O2. The van der Waals surface area contributed by atoms with Gasteiger partial charge in [0.15, 0.2) is 0 Å². The maximum Gasteiger partial charge on any atom is 0.416 e. The minimum absolute atomic E-state index is 0.133. The minimum atomic E-state index is -4.37. The van der Waals surface area contributed by atoms with Crippen LogP contribution in [0.2, 0.25) is 0 Å². The van der Waals surface area contributed by atoms with Crippen molar-refractivity contribution in [2.75, 3.05) is 7.11 Å². The number of nitrogens with zero attached hydrogens (tertiary/aromatic N) is 1. The summed E-state index contributed by atoms with van der Waals surface area (Å²) in [5.41, 5.74) is 2.84. The van der Waals surface area contributed by atoms with E-state index < -0.39 is 11.7 Å². The molecule has 1 N–H and O–H groups in total. The summed E-state index contributed by atoms with van der Waals surface area (Å²) in [5, 5.41) is 3.73. The van der Waals surface area contributed by atoms with E-state index in [0.29, 0.717) is 11.3 Å². The molecule has 24 heavy (non-hydrogen) atoms. The summed E-state index contributed by atoms with van der Waals surface area (Å²) in [4.78, 5) is 11.7. The molecule has 0 spiro atoms. The second kappa shape index (κ2) is 7.63. The number of hydrogen-bond acceptors (Lipinski definition) is 3. The second-order valence-corrected chi connectivity index (χ2v) is 4.94. The predicted molar refractivity (Wildman–Crippen MR) is 83.9 cm³/mol. The largest absolute Gasteiger partial charge is 0.497 e. The third kappa shape index (κ3) is 5.12. The monoisotopic (exact) mass is 336 g/mol. The minimum Gasteiger partial charge on any atom is -0.497 e. The number of amides is 1. The first-order valence-electron chi connectivity index (χ1n) is 7.00. The van der Waals surface area contributed by atoms with Gasteiger partial charge in [0.05, 0.1) is 25.3 Å². The van der Waals surface area contributed by atoms with E-state index in [0.717, 1.165) is 17.7 Å².